The van der Waals surface area contributed by atoms with Crippen LogP contribution in [0.5, 0.6) is 5.88 Å². The summed E-state index contributed by atoms with van der Waals surface area (Å²) < 4.78 is 4.96. The van der Waals surface area contributed by atoms with Crippen LogP contribution in [-0.2, 0) is 6.42 Å². The third kappa shape index (κ3) is 3.19. The standard InChI is InChI=1S/C14H13N3O4/c1-9-4-3-5-11(17(19)20)14(9)12(18)6-10-7-13(21-2)16-8-15-10/h3-5,7-8H,6H2,1-2H3. The highest BCUT2D eigenvalue weighted by Gasteiger charge is 2.22. The van der Waals surface area contributed by atoms with E-state index in [-0.39, 0.29) is 23.5 Å². The summed E-state index contributed by atoms with van der Waals surface area (Å²) in [6.45, 7) is 1.67. The normalized spacial score (nSPS) is 10.2. The maximum atomic E-state index is 12.4. The number of hydrogen-bond acceptors (Lipinski definition) is 6. The first-order valence-corrected chi connectivity index (χ1v) is 6.15. The van der Waals surface area contributed by atoms with Crippen molar-refractivity contribution in [2.24, 2.45) is 0 Å². The predicted molar refractivity (Wildman–Crippen MR) is 74.5 cm³/mol. The lowest BCUT2D eigenvalue weighted by Crippen LogP contribution is -2.10. The minimum absolute atomic E-state index is 0.0510. The number of carbonyl (C=O) groups is 1. The lowest BCUT2D eigenvalue weighted by molar-refractivity contribution is -0.385. The Morgan fingerprint density at radius 3 is 2.81 bits per heavy atom. The van der Waals surface area contributed by atoms with E-state index in [1.807, 2.05) is 0 Å². The predicted octanol–water partition coefficient (Wildman–Crippen LogP) is 2.13. The molecular formula is C14H13N3O4. The van der Waals surface area contributed by atoms with Crippen LogP contribution in [0.4, 0.5) is 5.69 Å². The second-order valence-corrected chi connectivity index (χ2v) is 4.38. The highest BCUT2D eigenvalue weighted by Crippen LogP contribution is 2.23. The summed E-state index contributed by atoms with van der Waals surface area (Å²) in [5.74, 6) is -0.0207. The van der Waals surface area contributed by atoms with E-state index in [9.17, 15) is 14.9 Å². The van der Waals surface area contributed by atoms with Crippen LogP contribution in [0.3, 0.4) is 0 Å². The summed E-state index contributed by atoms with van der Waals surface area (Å²) in [5, 5.41) is 11.0. The number of hydrogen-bond donors (Lipinski definition) is 0. The molecule has 0 amide bonds. The number of nitro benzene ring substituents is 1. The van der Waals surface area contributed by atoms with E-state index in [1.165, 1.54) is 25.6 Å². The summed E-state index contributed by atoms with van der Waals surface area (Å²) in [6.07, 6.45) is 1.23. The Labute approximate surface area is 120 Å². The first-order valence-electron chi connectivity index (χ1n) is 6.15. The lowest BCUT2D eigenvalue weighted by atomic mass is 9.99. The molecule has 0 fully saturated rings. The third-order valence-electron chi connectivity index (χ3n) is 2.98. The van der Waals surface area contributed by atoms with Gasteiger partial charge in [0.2, 0.25) is 5.88 Å². The Bertz CT molecular complexity index is 700. The van der Waals surface area contributed by atoms with Gasteiger partial charge >= 0.3 is 0 Å². The van der Waals surface area contributed by atoms with E-state index in [0.29, 0.717) is 17.1 Å². The van der Waals surface area contributed by atoms with Crippen LogP contribution in [-0.4, -0.2) is 27.8 Å². The van der Waals surface area contributed by atoms with Gasteiger partial charge in [0.05, 0.1) is 29.7 Å². The minimum atomic E-state index is -0.555. The van der Waals surface area contributed by atoms with E-state index in [1.54, 1.807) is 19.1 Å². The van der Waals surface area contributed by atoms with Gasteiger partial charge in [-0.15, -0.1) is 0 Å². The van der Waals surface area contributed by atoms with Gasteiger partial charge in [0.15, 0.2) is 5.78 Å². The van der Waals surface area contributed by atoms with Crippen molar-refractivity contribution in [3.05, 3.63) is 57.5 Å². The van der Waals surface area contributed by atoms with Crippen LogP contribution >= 0.6 is 0 Å². The lowest BCUT2D eigenvalue weighted by Gasteiger charge is -2.06. The van der Waals surface area contributed by atoms with Gasteiger partial charge in [-0.1, -0.05) is 12.1 Å². The van der Waals surface area contributed by atoms with Crippen molar-refractivity contribution in [2.45, 2.75) is 13.3 Å². The number of Topliss-reactive ketones (excluding diaryl/α,β-unsaturated/α-hetero) is 1. The Morgan fingerprint density at radius 2 is 2.14 bits per heavy atom. The second kappa shape index (κ2) is 6.08. The third-order valence-corrected chi connectivity index (χ3v) is 2.98. The summed E-state index contributed by atoms with van der Waals surface area (Å²) in [6, 6.07) is 6.07. The molecule has 0 atom stereocenters. The number of nitro groups is 1. The molecule has 0 saturated carbocycles. The van der Waals surface area contributed by atoms with E-state index < -0.39 is 4.92 Å². The van der Waals surface area contributed by atoms with Crippen LogP contribution in [0.2, 0.25) is 0 Å². The average Bonchev–Trinajstić information content (AvgIpc) is 2.46. The molecule has 0 aliphatic heterocycles. The van der Waals surface area contributed by atoms with Crippen molar-refractivity contribution in [2.75, 3.05) is 7.11 Å². The van der Waals surface area contributed by atoms with Crippen molar-refractivity contribution in [3.63, 3.8) is 0 Å². The topological polar surface area (TPSA) is 95.2 Å². The first-order chi connectivity index (χ1) is 10.0. The largest absolute Gasteiger partial charge is 0.481 e. The van der Waals surface area contributed by atoms with E-state index in [4.69, 9.17) is 4.74 Å². The van der Waals surface area contributed by atoms with Crippen molar-refractivity contribution in [3.8, 4) is 5.88 Å². The maximum Gasteiger partial charge on any atom is 0.280 e. The summed E-state index contributed by atoms with van der Waals surface area (Å²) >= 11 is 0. The number of ether oxygens (including phenoxy) is 1. The molecule has 2 aromatic rings. The van der Waals surface area contributed by atoms with Crippen molar-refractivity contribution in [1.29, 1.82) is 0 Å². The number of aromatic nitrogens is 2. The highest BCUT2D eigenvalue weighted by molar-refractivity contribution is 6.02. The van der Waals surface area contributed by atoms with Gasteiger partial charge < -0.3 is 4.74 Å². The van der Waals surface area contributed by atoms with Gasteiger partial charge in [-0.3, -0.25) is 14.9 Å². The van der Waals surface area contributed by atoms with Crippen LogP contribution in [0.1, 0.15) is 21.6 Å². The molecule has 0 radical (unpaired) electrons. The van der Waals surface area contributed by atoms with E-state index >= 15 is 0 Å². The zero-order chi connectivity index (χ0) is 15.4. The fourth-order valence-corrected chi connectivity index (χ4v) is 2.01. The number of carbonyl (C=O) groups excluding carboxylic acids is 1. The molecule has 1 heterocycles. The van der Waals surface area contributed by atoms with Gasteiger partial charge in [-0.05, 0) is 12.5 Å². The number of aryl methyl sites for hydroxylation is 1. The molecule has 0 aliphatic rings. The van der Waals surface area contributed by atoms with Crippen LogP contribution in [0.15, 0.2) is 30.6 Å². The molecule has 0 saturated heterocycles. The van der Waals surface area contributed by atoms with Crippen molar-refractivity contribution in [1.82, 2.24) is 9.97 Å². The molecule has 0 aliphatic carbocycles. The molecule has 21 heavy (non-hydrogen) atoms. The Kier molecular flexibility index (Phi) is 4.22. The van der Waals surface area contributed by atoms with Gasteiger partial charge in [-0.2, -0.15) is 0 Å². The van der Waals surface area contributed by atoms with Gasteiger partial charge in [0.1, 0.15) is 6.33 Å². The summed E-state index contributed by atoms with van der Waals surface area (Å²) in [5.41, 5.74) is 0.931. The second-order valence-electron chi connectivity index (χ2n) is 4.38. The van der Waals surface area contributed by atoms with E-state index in [0.717, 1.165) is 0 Å². The van der Waals surface area contributed by atoms with Crippen LogP contribution in [0.25, 0.3) is 0 Å². The first kappa shape index (κ1) is 14.6. The van der Waals surface area contributed by atoms with Crippen LogP contribution < -0.4 is 4.74 Å². The summed E-state index contributed by atoms with van der Waals surface area (Å²) in [4.78, 5) is 30.7. The molecule has 108 valence electrons. The molecule has 7 nitrogen and oxygen atoms in total. The highest BCUT2D eigenvalue weighted by atomic mass is 16.6. The minimum Gasteiger partial charge on any atom is -0.481 e. The maximum absolute atomic E-state index is 12.4. The molecule has 0 spiro atoms. The molecule has 0 bridgehead atoms. The van der Waals surface area contributed by atoms with Crippen molar-refractivity contribution >= 4 is 11.5 Å². The Balaban J connectivity index is 2.34. The smallest absolute Gasteiger partial charge is 0.280 e. The number of nitrogens with zero attached hydrogens (tertiary/aromatic N) is 3. The molecule has 1 aromatic heterocycles. The Morgan fingerprint density at radius 1 is 1.38 bits per heavy atom. The average molecular weight is 287 g/mol. The molecular weight excluding hydrogens is 274 g/mol. The molecule has 0 unspecified atom stereocenters. The fraction of sp³-hybridized carbons (Fsp3) is 0.214. The monoisotopic (exact) mass is 287 g/mol. The molecule has 7 heteroatoms. The zero-order valence-corrected chi connectivity index (χ0v) is 11.6. The zero-order valence-electron chi connectivity index (χ0n) is 11.6. The van der Waals surface area contributed by atoms with Gasteiger partial charge in [0, 0.05) is 12.1 Å². The van der Waals surface area contributed by atoms with Gasteiger partial charge in [-0.25, -0.2) is 9.97 Å². The molecule has 2 rings (SSSR count). The molecule has 1 aromatic carbocycles. The van der Waals surface area contributed by atoms with Crippen LogP contribution in [0, 0.1) is 17.0 Å². The number of methoxy groups -OCH3 is 1. The van der Waals surface area contributed by atoms with Gasteiger partial charge in [0.25, 0.3) is 5.69 Å². The summed E-state index contributed by atoms with van der Waals surface area (Å²) in [7, 11) is 1.46. The fourth-order valence-electron chi connectivity index (χ4n) is 2.01. The quantitative estimate of drug-likeness (QED) is 0.475. The number of benzene rings is 1. The number of rotatable bonds is 5. The van der Waals surface area contributed by atoms with Crippen molar-refractivity contribution < 1.29 is 14.5 Å². The molecule has 0 N–H and O–H groups in total. The SMILES string of the molecule is COc1cc(CC(=O)c2c(C)cccc2[N+](=O)[O-])ncn1. The Hall–Kier alpha value is -2.83. The number of ketones is 1. The van der Waals surface area contributed by atoms with E-state index in [2.05, 4.69) is 9.97 Å².